The van der Waals surface area contributed by atoms with Gasteiger partial charge in [0.25, 0.3) is 0 Å². The predicted molar refractivity (Wildman–Crippen MR) is 159 cm³/mol. The molecule has 0 aromatic heterocycles. The molecule has 0 unspecified atom stereocenters. The SMILES string of the molecule is CCO[Si](CCCCCC[Si](c1ccccc1)(N1CCN(C)CC1)N1CCN(C)CC1)(OCC)OCC. The number of piperazine rings is 2. The summed E-state index contributed by atoms with van der Waals surface area (Å²) in [6.45, 7) is 17.6. The first kappa shape index (κ1) is 30.9. The maximum atomic E-state index is 6.09. The molecule has 0 bridgehead atoms. The molecule has 1 aromatic carbocycles. The van der Waals surface area contributed by atoms with Gasteiger partial charge in [0.05, 0.1) is 0 Å². The number of rotatable bonds is 16. The van der Waals surface area contributed by atoms with Crippen LogP contribution in [-0.4, -0.2) is 122 Å². The Bertz CT molecular complexity index is 705. The largest absolute Gasteiger partial charge is 0.500 e. The molecule has 0 N–H and O–H groups in total. The summed E-state index contributed by atoms with van der Waals surface area (Å²) < 4.78 is 24.2. The van der Waals surface area contributed by atoms with E-state index in [1.54, 1.807) is 5.19 Å². The number of benzene rings is 1. The molecule has 2 aliphatic rings. The van der Waals surface area contributed by atoms with Gasteiger partial charge in [-0.3, -0.25) is 0 Å². The van der Waals surface area contributed by atoms with E-state index in [1.165, 1.54) is 77.7 Å². The molecular weight excluding hydrogens is 497 g/mol. The van der Waals surface area contributed by atoms with Crippen molar-refractivity contribution >= 4 is 22.4 Å². The van der Waals surface area contributed by atoms with Gasteiger partial charge in [-0.15, -0.1) is 0 Å². The van der Waals surface area contributed by atoms with Gasteiger partial charge in [-0.1, -0.05) is 49.6 Å². The van der Waals surface area contributed by atoms with Crippen LogP contribution in [0.5, 0.6) is 0 Å². The Morgan fingerprint density at radius 1 is 0.595 bits per heavy atom. The van der Waals surface area contributed by atoms with E-state index in [0.717, 1.165) is 12.5 Å². The van der Waals surface area contributed by atoms with Crippen LogP contribution < -0.4 is 5.19 Å². The van der Waals surface area contributed by atoms with E-state index < -0.39 is 17.2 Å². The summed E-state index contributed by atoms with van der Waals surface area (Å²) in [7, 11) is 0.000965. The van der Waals surface area contributed by atoms with E-state index in [-0.39, 0.29) is 0 Å². The van der Waals surface area contributed by atoms with Gasteiger partial charge in [0.15, 0.2) is 0 Å². The highest BCUT2D eigenvalue weighted by Gasteiger charge is 2.48. The zero-order valence-corrected chi connectivity index (χ0v) is 26.4. The van der Waals surface area contributed by atoms with Crippen LogP contribution in [0.2, 0.25) is 12.1 Å². The molecular formula is C28H54N4O3Si2. The second-order valence-electron chi connectivity index (χ2n) is 10.7. The Hall–Kier alpha value is -0.626. The second kappa shape index (κ2) is 15.8. The maximum Gasteiger partial charge on any atom is 0.500 e. The Kier molecular flexibility index (Phi) is 13.2. The molecule has 7 nitrogen and oxygen atoms in total. The van der Waals surface area contributed by atoms with Crippen molar-refractivity contribution in [2.75, 3.05) is 86.3 Å². The minimum Gasteiger partial charge on any atom is -0.374 e. The fraction of sp³-hybridized carbons (Fsp3) is 0.786. The fourth-order valence-electron chi connectivity index (χ4n) is 6.15. The number of hydrogen-bond acceptors (Lipinski definition) is 7. The normalized spacial score (nSPS) is 19.5. The Morgan fingerprint density at radius 3 is 1.46 bits per heavy atom. The average Bonchev–Trinajstić information content (AvgIpc) is 2.91. The van der Waals surface area contributed by atoms with Crippen LogP contribution in [0.4, 0.5) is 0 Å². The smallest absolute Gasteiger partial charge is 0.374 e. The summed E-state index contributed by atoms with van der Waals surface area (Å²) >= 11 is 0. The van der Waals surface area contributed by atoms with Gasteiger partial charge in [-0.25, -0.2) is 0 Å². The van der Waals surface area contributed by atoms with Crippen LogP contribution >= 0.6 is 0 Å². The van der Waals surface area contributed by atoms with Crippen molar-refractivity contribution in [1.82, 2.24) is 18.9 Å². The summed E-state index contributed by atoms with van der Waals surface area (Å²) in [6, 6.07) is 13.8. The van der Waals surface area contributed by atoms with Gasteiger partial charge in [0.2, 0.25) is 8.40 Å². The van der Waals surface area contributed by atoms with Gasteiger partial charge >= 0.3 is 8.80 Å². The molecule has 0 atom stereocenters. The van der Waals surface area contributed by atoms with Crippen LogP contribution in [0.1, 0.15) is 46.5 Å². The monoisotopic (exact) mass is 550 g/mol. The Labute approximate surface area is 229 Å². The summed E-state index contributed by atoms with van der Waals surface area (Å²) in [5.41, 5.74) is 0. The van der Waals surface area contributed by atoms with E-state index in [1.807, 2.05) is 20.8 Å². The first-order chi connectivity index (χ1) is 18.0. The van der Waals surface area contributed by atoms with Crippen LogP contribution in [0.15, 0.2) is 30.3 Å². The zero-order chi connectivity index (χ0) is 26.6. The van der Waals surface area contributed by atoms with Crippen molar-refractivity contribution in [1.29, 1.82) is 0 Å². The minimum absolute atomic E-state index is 0.660. The lowest BCUT2D eigenvalue weighted by atomic mass is 10.2. The molecule has 9 heteroatoms. The second-order valence-corrected chi connectivity index (χ2v) is 17.4. The highest BCUT2D eigenvalue weighted by molar-refractivity contribution is 6.87. The first-order valence-corrected chi connectivity index (χ1v) is 18.9. The lowest BCUT2D eigenvalue weighted by Crippen LogP contribution is -2.76. The van der Waals surface area contributed by atoms with Crippen LogP contribution in [0, 0.1) is 0 Å². The number of likely N-dealkylation sites (N-methyl/N-ethyl adjacent to an activating group) is 2. The van der Waals surface area contributed by atoms with Crippen molar-refractivity contribution in [3.8, 4) is 0 Å². The summed E-state index contributed by atoms with van der Waals surface area (Å²) in [5.74, 6) is 0. The third-order valence-electron chi connectivity index (χ3n) is 8.14. The molecule has 2 heterocycles. The lowest BCUT2D eigenvalue weighted by Gasteiger charge is -2.53. The molecule has 2 saturated heterocycles. The van der Waals surface area contributed by atoms with Gasteiger partial charge in [0, 0.05) is 78.2 Å². The van der Waals surface area contributed by atoms with E-state index >= 15 is 0 Å². The summed E-state index contributed by atoms with van der Waals surface area (Å²) in [6.07, 6.45) is 4.88. The molecule has 0 amide bonds. The van der Waals surface area contributed by atoms with Crippen LogP contribution in [0.3, 0.4) is 0 Å². The Balaban J connectivity index is 1.70. The van der Waals surface area contributed by atoms with Crippen molar-refractivity contribution in [3.63, 3.8) is 0 Å². The topological polar surface area (TPSA) is 40.7 Å². The fourth-order valence-corrected chi connectivity index (χ4v) is 14.2. The van der Waals surface area contributed by atoms with Gasteiger partial charge in [-0.05, 0) is 52.5 Å². The molecule has 3 rings (SSSR count). The van der Waals surface area contributed by atoms with Gasteiger partial charge in [-0.2, -0.15) is 0 Å². The van der Waals surface area contributed by atoms with Crippen molar-refractivity contribution < 1.29 is 13.3 Å². The molecule has 212 valence electrons. The lowest BCUT2D eigenvalue weighted by molar-refractivity contribution is 0.0706. The van der Waals surface area contributed by atoms with Crippen molar-refractivity contribution in [2.24, 2.45) is 0 Å². The molecule has 37 heavy (non-hydrogen) atoms. The van der Waals surface area contributed by atoms with E-state index in [4.69, 9.17) is 13.3 Å². The number of unbranched alkanes of at least 4 members (excludes halogenated alkanes) is 3. The van der Waals surface area contributed by atoms with Gasteiger partial charge < -0.3 is 32.2 Å². The van der Waals surface area contributed by atoms with E-state index in [9.17, 15) is 0 Å². The highest BCUT2D eigenvalue weighted by atomic mass is 28.4. The van der Waals surface area contributed by atoms with Crippen molar-refractivity contribution in [2.45, 2.75) is 58.5 Å². The summed E-state index contributed by atoms with van der Waals surface area (Å²) in [4.78, 5) is 4.99. The Morgan fingerprint density at radius 2 is 1.03 bits per heavy atom. The van der Waals surface area contributed by atoms with Gasteiger partial charge in [0.1, 0.15) is 0 Å². The van der Waals surface area contributed by atoms with Crippen LogP contribution in [-0.2, 0) is 13.3 Å². The zero-order valence-electron chi connectivity index (χ0n) is 24.4. The molecule has 2 aliphatic heterocycles. The highest BCUT2D eigenvalue weighted by Crippen LogP contribution is 2.28. The third-order valence-corrected chi connectivity index (χ3v) is 16.6. The third kappa shape index (κ3) is 8.43. The standard InChI is InChI=1S/C28H54N4O3Si2/c1-6-33-37(34-7-2,35-8-3)27-15-10-9-14-26-36(28-16-12-11-13-17-28,31-22-18-29(4)19-23-31)32-24-20-30(5)21-25-32/h11-13,16-17H,6-10,14-15,18-27H2,1-5H3. The number of hydrogen-bond donors (Lipinski definition) is 0. The predicted octanol–water partition coefficient (Wildman–Crippen LogP) is 3.44. The molecule has 0 radical (unpaired) electrons. The minimum atomic E-state index is -2.53. The van der Waals surface area contributed by atoms with E-state index in [2.05, 4.69) is 63.4 Å². The van der Waals surface area contributed by atoms with E-state index in [0.29, 0.717) is 19.8 Å². The molecule has 1 aromatic rings. The summed E-state index contributed by atoms with van der Waals surface area (Å²) in [5, 5.41) is 1.61. The molecule has 2 fully saturated rings. The first-order valence-electron chi connectivity index (χ1n) is 14.8. The maximum absolute atomic E-state index is 6.09. The number of nitrogens with zero attached hydrogens (tertiary/aromatic N) is 4. The average molecular weight is 551 g/mol. The quantitative estimate of drug-likeness (QED) is 0.231. The van der Waals surface area contributed by atoms with Crippen LogP contribution in [0.25, 0.3) is 0 Å². The molecule has 0 saturated carbocycles. The molecule has 0 spiro atoms. The van der Waals surface area contributed by atoms with Crippen molar-refractivity contribution in [3.05, 3.63) is 30.3 Å². The molecule has 0 aliphatic carbocycles.